The molecule has 1 saturated heterocycles. The molecule has 5 rings (SSSR count). The van der Waals surface area contributed by atoms with E-state index in [-0.39, 0.29) is 0 Å². The minimum absolute atomic E-state index is 0.393. The summed E-state index contributed by atoms with van der Waals surface area (Å²) in [5, 5.41) is 13.1. The molecule has 0 spiro atoms. The largest absolute Gasteiger partial charge is 0.396 e. The van der Waals surface area contributed by atoms with Crippen molar-refractivity contribution < 1.29 is 5.11 Å². The molecule has 0 amide bonds. The van der Waals surface area contributed by atoms with E-state index in [0.29, 0.717) is 12.0 Å². The van der Waals surface area contributed by atoms with Gasteiger partial charge in [-0.1, -0.05) is 0 Å². The summed E-state index contributed by atoms with van der Waals surface area (Å²) < 4.78 is 0. The average Bonchev–Trinajstić information content (AvgIpc) is 2.77. The summed E-state index contributed by atoms with van der Waals surface area (Å²) in [6.45, 7) is 2.76. The van der Waals surface area contributed by atoms with E-state index in [2.05, 4.69) is 5.32 Å². The van der Waals surface area contributed by atoms with Gasteiger partial charge in [0.1, 0.15) is 0 Å². The number of aliphatic hydroxyl groups excluding tert-OH is 1. The van der Waals surface area contributed by atoms with Gasteiger partial charge in [0.15, 0.2) is 0 Å². The molecule has 2 heteroatoms. The van der Waals surface area contributed by atoms with Crippen LogP contribution < -0.4 is 5.32 Å². The highest BCUT2D eigenvalue weighted by Gasteiger charge is 2.55. The van der Waals surface area contributed by atoms with Crippen LogP contribution >= 0.6 is 0 Å². The Kier molecular flexibility index (Phi) is 2.74. The molecule has 4 saturated carbocycles. The number of rotatable bonds is 3. The normalized spacial score (nSPS) is 54.2. The lowest BCUT2D eigenvalue weighted by Crippen LogP contribution is -2.52. The van der Waals surface area contributed by atoms with Crippen LogP contribution in [0.25, 0.3) is 0 Å². The summed E-state index contributed by atoms with van der Waals surface area (Å²) in [5.74, 6) is 5.10. The summed E-state index contributed by atoms with van der Waals surface area (Å²) in [7, 11) is 0. The molecule has 5 aliphatic rings. The molecule has 2 N–H and O–H groups in total. The van der Waals surface area contributed by atoms with Gasteiger partial charge in [-0.3, -0.25) is 0 Å². The molecule has 2 nitrogen and oxygen atoms in total. The van der Waals surface area contributed by atoms with Crippen molar-refractivity contribution in [2.75, 3.05) is 19.7 Å². The number of aliphatic hydroxyl groups is 1. The average molecular weight is 249 g/mol. The van der Waals surface area contributed by atoms with Gasteiger partial charge >= 0.3 is 0 Å². The number of nitrogens with one attached hydrogen (secondary N) is 1. The molecule has 1 aliphatic heterocycles. The van der Waals surface area contributed by atoms with Crippen molar-refractivity contribution in [3.8, 4) is 0 Å². The second-order valence-electron chi connectivity index (χ2n) is 7.72. The molecule has 0 aromatic rings. The lowest BCUT2D eigenvalue weighted by molar-refractivity contribution is -0.0969. The first-order valence-electron chi connectivity index (χ1n) is 8.12. The summed E-state index contributed by atoms with van der Waals surface area (Å²) in [6.07, 6.45) is 9.99. The van der Waals surface area contributed by atoms with E-state index in [0.717, 1.165) is 36.0 Å². The highest BCUT2D eigenvalue weighted by molar-refractivity contribution is 5.06. The number of hydrogen-bond donors (Lipinski definition) is 2. The van der Waals surface area contributed by atoms with Gasteiger partial charge < -0.3 is 10.4 Å². The zero-order chi connectivity index (χ0) is 12.2. The van der Waals surface area contributed by atoms with E-state index in [9.17, 15) is 5.11 Å². The third-order valence-corrected chi connectivity index (χ3v) is 6.82. The van der Waals surface area contributed by atoms with E-state index >= 15 is 0 Å². The lowest BCUT2D eigenvalue weighted by Gasteiger charge is -2.59. The standard InChI is InChI=1S/C16H27NO/c18-4-2-16(1-3-17-10-16)15-13-6-11-5-12(8-13)9-14(15)7-11/h11-15,17-18H,1-10H2. The summed E-state index contributed by atoms with van der Waals surface area (Å²) >= 11 is 0. The highest BCUT2D eigenvalue weighted by Crippen LogP contribution is 2.62. The molecule has 1 heterocycles. The predicted molar refractivity (Wildman–Crippen MR) is 72.2 cm³/mol. The molecule has 4 bridgehead atoms. The minimum Gasteiger partial charge on any atom is -0.396 e. The zero-order valence-electron chi connectivity index (χ0n) is 11.4. The van der Waals surface area contributed by atoms with Crippen molar-refractivity contribution in [3.63, 3.8) is 0 Å². The first kappa shape index (κ1) is 11.7. The van der Waals surface area contributed by atoms with Gasteiger partial charge in [-0.2, -0.15) is 0 Å². The molecule has 5 fully saturated rings. The Morgan fingerprint density at radius 2 is 1.67 bits per heavy atom. The van der Waals surface area contributed by atoms with Crippen molar-refractivity contribution in [1.82, 2.24) is 5.32 Å². The van der Waals surface area contributed by atoms with E-state index in [1.54, 1.807) is 6.42 Å². The van der Waals surface area contributed by atoms with E-state index in [1.165, 1.54) is 45.2 Å². The van der Waals surface area contributed by atoms with Crippen LogP contribution in [0, 0.1) is 35.0 Å². The summed E-state index contributed by atoms with van der Waals surface area (Å²) in [6, 6.07) is 0. The molecule has 0 radical (unpaired) electrons. The van der Waals surface area contributed by atoms with E-state index in [4.69, 9.17) is 0 Å². The van der Waals surface area contributed by atoms with Gasteiger partial charge in [0.2, 0.25) is 0 Å². The first-order valence-corrected chi connectivity index (χ1v) is 8.12. The Morgan fingerprint density at radius 1 is 1.00 bits per heavy atom. The first-order chi connectivity index (χ1) is 8.81. The van der Waals surface area contributed by atoms with Crippen molar-refractivity contribution in [3.05, 3.63) is 0 Å². The van der Waals surface area contributed by atoms with Crippen LogP contribution in [0.3, 0.4) is 0 Å². The van der Waals surface area contributed by atoms with Gasteiger partial charge in [-0.15, -0.1) is 0 Å². The van der Waals surface area contributed by atoms with Crippen LogP contribution in [-0.2, 0) is 0 Å². The molecule has 18 heavy (non-hydrogen) atoms. The predicted octanol–water partition coefficient (Wildman–Crippen LogP) is 2.42. The van der Waals surface area contributed by atoms with Crippen molar-refractivity contribution in [2.24, 2.45) is 35.0 Å². The zero-order valence-corrected chi connectivity index (χ0v) is 11.4. The van der Waals surface area contributed by atoms with E-state index in [1.807, 2.05) is 0 Å². The Labute approximate surface area is 111 Å². The van der Waals surface area contributed by atoms with Crippen LogP contribution in [0.15, 0.2) is 0 Å². The molecular weight excluding hydrogens is 222 g/mol. The van der Waals surface area contributed by atoms with Crippen LogP contribution in [-0.4, -0.2) is 24.8 Å². The molecule has 1 atom stereocenters. The lowest BCUT2D eigenvalue weighted by atomic mass is 9.46. The van der Waals surface area contributed by atoms with Crippen LogP contribution in [0.5, 0.6) is 0 Å². The fraction of sp³-hybridized carbons (Fsp3) is 1.00. The van der Waals surface area contributed by atoms with E-state index < -0.39 is 0 Å². The third kappa shape index (κ3) is 1.61. The summed E-state index contributed by atoms with van der Waals surface area (Å²) in [5.41, 5.74) is 0.456. The molecule has 1 unspecified atom stereocenters. The van der Waals surface area contributed by atoms with Crippen LogP contribution in [0.4, 0.5) is 0 Å². The Balaban J connectivity index is 1.63. The summed E-state index contributed by atoms with van der Waals surface area (Å²) in [4.78, 5) is 0. The molecule has 0 aromatic carbocycles. The topological polar surface area (TPSA) is 32.3 Å². The fourth-order valence-corrected chi connectivity index (χ4v) is 6.58. The Bertz CT molecular complexity index is 293. The van der Waals surface area contributed by atoms with Gasteiger partial charge in [0, 0.05) is 13.2 Å². The Morgan fingerprint density at radius 3 is 2.17 bits per heavy atom. The third-order valence-electron chi connectivity index (χ3n) is 6.82. The molecule has 4 aliphatic carbocycles. The minimum atomic E-state index is 0.393. The molecular formula is C16H27NO. The second kappa shape index (κ2) is 4.21. The van der Waals surface area contributed by atoms with Crippen molar-refractivity contribution in [2.45, 2.75) is 44.9 Å². The van der Waals surface area contributed by atoms with Crippen molar-refractivity contribution in [1.29, 1.82) is 0 Å². The van der Waals surface area contributed by atoms with Crippen molar-refractivity contribution >= 4 is 0 Å². The maximum atomic E-state index is 9.52. The monoisotopic (exact) mass is 249 g/mol. The number of hydrogen-bond acceptors (Lipinski definition) is 2. The quantitative estimate of drug-likeness (QED) is 0.805. The van der Waals surface area contributed by atoms with Gasteiger partial charge in [-0.25, -0.2) is 0 Å². The second-order valence-corrected chi connectivity index (χ2v) is 7.72. The SMILES string of the molecule is OCCC1(C2C3CC4CC(C3)CC2C4)CCNC1. The Hall–Kier alpha value is -0.0800. The van der Waals surface area contributed by atoms with Crippen LogP contribution in [0.2, 0.25) is 0 Å². The fourth-order valence-electron chi connectivity index (χ4n) is 6.58. The maximum Gasteiger partial charge on any atom is 0.0436 e. The highest BCUT2D eigenvalue weighted by atomic mass is 16.3. The smallest absolute Gasteiger partial charge is 0.0436 e. The van der Waals surface area contributed by atoms with Gasteiger partial charge in [-0.05, 0) is 86.5 Å². The van der Waals surface area contributed by atoms with Gasteiger partial charge in [0.25, 0.3) is 0 Å². The molecule has 0 aromatic heterocycles. The van der Waals surface area contributed by atoms with Gasteiger partial charge in [0.05, 0.1) is 0 Å². The van der Waals surface area contributed by atoms with Crippen LogP contribution in [0.1, 0.15) is 44.9 Å². The molecule has 102 valence electrons. The maximum absolute atomic E-state index is 9.52.